The van der Waals surface area contributed by atoms with Crippen LogP contribution in [0.1, 0.15) is 24.2 Å². The minimum absolute atomic E-state index is 0.0968. The second-order valence-electron chi connectivity index (χ2n) is 3.99. The average Bonchev–Trinajstić information content (AvgIpc) is 2.40. The highest BCUT2D eigenvalue weighted by Gasteiger charge is 2.24. The van der Waals surface area contributed by atoms with Gasteiger partial charge in [0.05, 0.1) is 23.2 Å². The highest BCUT2D eigenvalue weighted by molar-refractivity contribution is 5.97. The number of esters is 1. The van der Waals surface area contributed by atoms with Gasteiger partial charge in [-0.3, -0.25) is 14.9 Å². The molecule has 0 bridgehead atoms. The van der Waals surface area contributed by atoms with Gasteiger partial charge in [0, 0.05) is 0 Å². The van der Waals surface area contributed by atoms with Crippen LogP contribution < -0.4 is 5.32 Å². The zero-order valence-corrected chi connectivity index (χ0v) is 11.2. The number of carbonyl (C=O) groups is 2. The van der Waals surface area contributed by atoms with Crippen molar-refractivity contribution in [2.24, 2.45) is 0 Å². The summed E-state index contributed by atoms with van der Waals surface area (Å²) in [6.07, 6.45) is 0. The molecule has 0 aliphatic heterocycles. The largest absolute Gasteiger partial charge is 0.464 e. The summed E-state index contributed by atoms with van der Waals surface area (Å²) < 4.78 is 31.6. The third-order valence-electron chi connectivity index (χ3n) is 2.47. The molecular formula is C12H12F2N2O5. The number of hydrogen-bond donors (Lipinski definition) is 1. The van der Waals surface area contributed by atoms with E-state index in [4.69, 9.17) is 0 Å². The predicted molar refractivity (Wildman–Crippen MR) is 66.6 cm³/mol. The fourth-order valence-electron chi connectivity index (χ4n) is 1.45. The SMILES string of the molecule is CCOC(=O)C(C)NC(=O)c1cc(F)c([N+](=O)[O-])cc1F. The Morgan fingerprint density at radius 3 is 2.52 bits per heavy atom. The number of benzene rings is 1. The molecule has 1 atom stereocenters. The Balaban J connectivity index is 2.96. The Bertz CT molecular complexity index is 591. The number of nitrogens with one attached hydrogen (secondary N) is 1. The van der Waals surface area contributed by atoms with Crippen LogP contribution in [0.2, 0.25) is 0 Å². The fraction of sp³-hybridized carbons (Fsp3) is 0.333. The van der Waals surface area contributed by atoms with E-state index in [0.29, 0.717) is 12.1 Å². The fourth-order valence-corrected chi connectivity index (χ4v) is 1.45. The quantitative estimate of drug-likeness (QED) is 0.505. The first kappa shape index (κ1) is 16.5. The molecular weight excluding hydrogens is 290 g/mol. The molecule has 0 spiro atoms. The average molecular weight is 302 g/mol. The van der Waals surface area contributed by atoms with Crippen LogP contribution in [0.4, 0.5) is 14.5 Å². The summed E-state index contributed by atoms with van der Waals surface area (Å²) in [6, 6.07) is -0.366. The standard InChI is InChI=1S/C12H12F2N2O5/c1-3-21-12(18)6(2)15-11(17)7-4-9(14)10(16(19)20)5-8(7)13/h4-6H,3H2,1-2H3,(H,15,17). The summed E-state index contributed by atoms with van der Waals surface area (Å²) in [5, 5.41) is 12.5. The van der Waals surface area contributed by atoms with Gasteiger partial charge in [-0.2, -0.15) is 4.39 Å². The molecule has 0 aliphatic carbocycles. The van der Waals surface area contributed by atoms with E-state index in [-0.39, 0.29) is 6.61 Å². The lowest BCUT2D eigenvalue weighted by Gasteiger charge is -2.12. The molecule has 21 heavy (non-hydrogen) atoms. The summed E-state index contributed by atoms with van der Waals surface area (Å²) >= 11 is 0. The summed E-state index contributed by atoms with van der Waals surface area (Å²) in [6.45, 7) is 2.97. The Labute approximate surface area is 118 Å². The van der Waals surface area contributed by atoms with Crippen molar-refractivity contribution in [2.45, 2.75) is 19.9 Å². The van der Waals surface area contributed by atoms with Gasteiger partial charge in [0.2, 0.25) is 5.82 Å². The zero-order valence-electron chi connectivity index (χ0n) is 11.2. The van der Waals surface area contributed by atoms with E-state index >= 15 is 0 Å². The van der Waals surface area contributed by atoms with Gasteiger partial charge in [-0.05, 0) is 19.9 Å². The molecule has 1 rings (SSSR count). The van der Waals surface area contributed by atoms with Crippen molar-refractivity contribution in [3.8, 4) is 0 Å². The maximum Gasteiger partial charge on any atom is 0.328 e. The van der Waals surface area contributed by atoms with E-state index in [1.54, 1.807) is 6.92 Å². The van der Waals surface area contributed by atoms with E-state index in [0.717, 1.165) is 0 Å². The molecule has 114 valence electrons. The predicted octanol–water partition coefficient (Wildman–Crippen LogP) is 1.55. The van der Waals surface area contributed by atoms with Gasteiger partial charge in [-0.15, -0.1) is 0 Å². The Kier molecular flexibility index (Phi) is 5.28. The van der Waals surface area contributed by atoms with Gasteiger partial charge >= 0.3 is 11.7 Å². The Morgan fingerprint density at radius 1 is 1.38 bits per heavy atom. The van der Waals surface area contributed by atoms with Gasteiger partial charge in [0.25, 0.3) is 5.91 Å². The summed E-state index contributed by atoms with van der Waals surface area (Å²) in [4.78, 5) is 32.4. The van der Waals surface area contributed by atoms with Crippen LogP contribution in [-0.4, -0.2) is 29.4 Å². The third kappa shape index (κ3) is 3.94. The molecule has 0 aromatic heterocycles. The molecule has 0 saturated heterocycles. The molecule has 7 nitrogen and oxygen atoms in total. The van der Waals surface area contributed by atoms with Crippen LogP contribution in [0.3, 0.4) is 0 Å². The number of amides is 1. The van der Waals surface area contributed by atoms with E-state index in [9.17, 15) is 28.5 Å². The second-order valence-corrected chi connectivity index (χ2v) is 3.99. The van der Waals surface area contributed by atoms with E-state index in [2.05, 4.69) is 10.1 Å². The van der Waals surface area contributed by atoms with Crippen molar-refractivity contribution in [3.05, 3.63) is 39.4 Å². The molecule has 9 heteroatoms. The summed E-state index contributed by atoms with van der Waals surface area (Å²) in [5.74, 6) is -4.44. The number of nitrogens with zero attached hydrogens (tertiary/aromatic N) is 1. The van der Waals surface area contributed by atoms with Gasteiger partial charge in [0.15, 0.2) is 0 Å². The van der Waals surface area contributed by atoms with Crippen molar-refractivity contribution in [3.63, 3.8) is 0 Å². The highest BCUT2D eigenvalue weighted by Crippen LogP contribution is 2.21. The number of carbonyl (C=O) groups excluding carboxylic acids is 2. The first-order chi connectivity index (χ1) is 9.77. The molecule has 1 unspecified atom stereocenters. The maximum absolute atomic E-state index is 13.6. The monoisotopic (exact) mass is 302 g/mol. The van der Waals surface area contributed by atoms with Crippen LogP contribution >= 0.6 is 0 Å². The van der Waals surface area contributed by atoms with E-state index in [1.807, 2.05) is 0 Å². The lowest BCUT2D eigenvalue weighted by atomic mass is 10.1. The molecule has 0 radical (unpaired) electrons. The molecule has 1 aromatic carbocycles. The van der Waals surface area contributed by atoms with Gasteiger partial charge in [-0.25, -0.2) is 9.18 Å². The van der Waals surface area contributed by atoms with Crippen molar-refractivity contribution < 1.29 is 28.0 Å². The van der Waals surface area contributed by atoms with Crippen LogP contribution in [0.15, 0.2) is 12.1 Å². The zero-order chi connectivity index (χ0) is 16.2. The maximum atomic E-state index is 13.6. The lowest BCUT2D eigenvalue weighted by molar-refractivity contribution is -0.387. The highest BCUT2D eigenvalue weighted by atomic mass is 19.1. The molecule has 1 aromatic rings. The first-order valence-electron chi connectivity index (χ1n) is 5.88. The summed E-state index contributed by atoms with van der Waals surface area (Å²) in [7, 11) is 0. The Morgan fingerprint density at radius 2 is 2.00 bits per heavy atom. The van der Waals surface area contributed by atoms with Crippen LogP contribution in [0, 0.1) is 21.7 Å². The second kappa shape index (κ2) is 6.73. The van der Waals surface area contributed by atoms with Gasteiger partial charge in [-0.1, -0.05) is 0 Å². The molecule has 1 amide bonds. The van der Waals surface area contributed by atoms with Crippen molar-refractivity contribution in [1.29, 1.82) is 0 Å². The minimum Gasteiger partial charge on any atom is -0.464 e. The topological polar surface area (TPSA) is 98.5 Å². The summed E-state index contributed by atoms with van der Waals surface area (Å²) in [5.41, 5.74) is -1.82. The number of hydrogen-bond acceptors (Lipinski definition) is 5. The number of rotatable bonds is 5. The molecule has 0 saturated carbocycles. The minimum atomic E-state index is -1.35. The van der Waals surface area contributed by atoms with Crippen LogP contribution in [0.25, 0.3) is 0 Å². The van der Waals surface area contributed by atoms with Crippen LogP contribution in [-0.2, 0) is 9.53 Å². The first-order valence-corrected chi connectivity index (χ1v) is 5.88. The van der Waals surface area contributed by atoms with Crippen molar-refractivity contribution in [2.75, 3.05) is 6.61 Å². The molecule has 0 aliphatic rings. The lowest BCUT2D eigenvalue weighted by Crippen LogP contribution is -2.39. The number of halogens is 2. The smallest absolute Gasteiger partial charge is 0.328 e. The normalized spacial score (nSPS) is 11.6. The van der Waals surface area contributed by atoms with Crippen molar-refractivity contribution in [1.82, 2.24) is 5.32 Å². The van der Waals surface area contributed by atoms with E-state index < -0.39 is 45.7 Å². The van der Waals surface area contributed by atoms with Crippen molar-refractivity contribution >= 4 is 17.6 Å². The number of nitro groups is 1. The molecule has 0 fully saturated rings. The molecule has 0 heterocycles. The third-order valence-corrected chi connectivity index (χ3v) is 2.47. The van der Waals surface area contributed by atoms with Gasteiger partial charge in [0.1, 0.15) is 11.9 Å². The number of nitro benzene ring substituents is 1. The Hall–Kier alpha value is -2.58. The van der Waals surface area contributed by atoms with Gasteiger partial charge < -0.3 is 10.1 Å². The molecule has 1 N–H and O–H groups in total. The van der Waals surface area contributed by atoms with E-state index in [1.165, 1.54) is 6.92 Å². The number of ether oxygens (including phenoxy) is 1. The van der Waals surface area contributed by atoms with Crippen LogP contribution in [0.5, 0.6) is 0 Å².